The standard InChI is InChI=1S/C23H32ClNO4/c1-5-6-7-8-9-10-11-12-19(26)20-17-14-13-16(24)15-18(17)25(21(20)27)22(28)29-23(2,3)4/h13-15,20H,5-12H2,1-4H3. The second kappa shape index (κ2) is 10.2. The number of ether oxygens (including phenoxy) is 1. The zero-order valence-corrected chi connectivity index (χ0v) is 18.7. The Kier molecular flexibility index (Phi) is 8.26. The number of hydrogen-bond donors (Lipinski definition) is 0. The number of halogens is 1. The molecule has 1 heterocycles. The van der Waals surface area contributed by atoms with Gasteiger partial charge in [-0.1, -0.05) is 63.1 Å². The van der Waals surface area contributed by atoms with Crippen LogP contribution in [0.1, 0.15) is 90.5 Å². The number of anilines is 1. The van der Waals surface area contributed by atoms with Gasteiger partial charge in [0.25, 0.3) is 5.91 Å². The molecule has 2 rings (SSSR count). The molecule has 0 saturated carbocycles. The van der Waals surface area contributed by atoms with Crippen molar-refractivity contribution in [3.8, 4) is 0 Å². The highest BCUT2D eigenvalue weighted by molar-refractivity contribution is 6.32. The molecule has 0 fully saturated rings. The van der Waals surface area contributed by atoms with Crippen molar-refractivity contribution in [2.45, 2.75) is 90.6 Å². The van der Waals surface area contributed by atoms with E-state index in [-0.39, 0.29) is 5.78 Å². The fourth-order valence-electron chi connectivity index (χ4n) is 3.54. The SMILES string of the molecule is CCCCCCCCCC(=O)C1C(=O)N(C(=O)OC(C)(C)C)c2cc(Cl)ccc21. The molecule has 1 aliphatic heterocycles. The first-order chi connectivity index (χ1) is 13.7. The lowest BCUT2D eigenvalue weighted by molar-refractivity contribution is -0.128. The van der Waals surface area contributed by atoms with Gasteiger partial charge in [-0.2, -0.15) is 0 Å². The highest BCUT2D eigenvalue weighted by Gasteiger charge is 2.45. The summed E-state index contributed by atoms with van der Waals surface area (Å²) in [6, 6.07) is 4.84. The van der Waals surface area contributed by atoms with Gasteiger partial charge in [-0.15, -0.1) is 0 Å². The van der Waals surface area contributed by atoms with E-state index < -0.39 is 23.5 Å². The lowest BCUT2D eigenvalue weighted by Crippen LogP contribution is -2.40. The third-order valence-electron chi connectivity index (χ3n) is 4.94. The number of imide groups is 1. The molecule has 1 atom stereocenters. The summed E-state index contributed by atoms with van der Waals surface area (Å²) in [5.41, 5.74) is 0.114. The monoisotopic (exact) mass is 421 g/mol. The van der Waals surface area contributed by atoms with Crippen molar-refractivity contribution in [1.29, 1.82) is 0 Å². The number of fused-ring (bicyclic) bond motifs is 1. The van der Waals surface area contributed by atoms with Gasteiger partial charge in [-0.05, 0) is 44.9 Å². The molecule has 29 heavy (non-hydrogen) atoms. The zero-order chi connectivity index (χ0) is 21.6. The first kappa shape index (κ1) is 23.4. The minimum atomic E-state index is -0.963. The summed E-state index contributed by atoms with van der Waals surface area (Å²) >= 11 is 6.08. The molecule has 5 nitrogen and oxygen atoms in total. The first-order valence-electron chi connectivity index (χ1n) is 10.5. The van der Waals surface area contributed by atoms with E-state index in [4.69, 9.17) is 16.3 Å². The number of carbonyl (C=O) groups excluding carboxylic acids is 3. The van der Waals surface area contributed by atoms with Crippen LogP contribution in [-0.2, 0) is 14.3 Å². The number of ketones is 1. The topological polar surface area (TPSA) is 63.7 Å². The van der Waals surface area contributed by atoms with E-state index in [2.05, 4.69) is 6.92 Å². The summed E-state index contributed by atoms with van der Waals surface area (Å²) < 4.78 is 5.37. The molecule has 0 N–H and O–H groups in total. The summed E-state index contributed by atoms with van der Waals surface area (Å²) in [7, 11) is 0. The van der Waals surface area contributed by atoms with Crippen molar-refractivity contribution >= 4 is 35.1 Å². The molecule has 2 amide bonds. The number of amides is 2. The van der Waals surface area contributed by atoms with Crippen molar-refractivity contribution in [3.63, 3.8) is 0 Å². The molecule has 1 aromatic rings. The highest BCUT2D eigenvalue weighted by atomic mass is 35.5. The lowest BCUT2D eigenvalue weighted by Gasteiger charge is -2.24. The van der Waals surface area contributed by atoms with Gasteiger partial charge in [0.05, 0.1) is 5.69 Å². The summed E-state index contributed by atoms with van der Waals surface area (Å²) in [5.74, 6) is -1.67. The Morgan fingerprint density at radius 3 is 2.31 bits per heavy atom. The maximum absolute atomic E-state index is 13.0. The van der Waals surface area contributed by atoms with Gasteiger partial charge in [0.2, 0.25) is 0 Å². The Labute approximate surface area is 178 Å². The van der Waals surface area contributed by atoms with E-state index >= 15 is 0 Å². The summed E-state index contributed by atoms with van der Waals surface area (Å²) in [6.07, 6.45) is 7.23. The number of hydrogen-bond acceptors (Lipinski definition) is 4. The predicted octanol–water partition coefficient (Wildman–Crippen LogP) is 6.42. The first-order valence-corrected chi connectivity index (χ1v) is 10.9. The van der Waals surface area contributed by atoms with Crippen LogP contribution < -0.4 is 4.90 Å². The smallest absolute Gasteiger partial charge is 0.421 e. The van der Waals surface area contributed by atoms with Crippen LogP contribution in [0.4, 0.5) is 10.5 Å². The average molecular weight is 422 g/mol. The minimum absolute atomic E-state index is 0.154. The van der Waals surface area contributed by atoms with E-state index in [9.17, 15) is 14.4 Å². The molecule has 0 bridgehead atoms. The molecule has 6 heteroatoms. The Morgan fingerprint density at radius 1 is 1.07 bits per heavy atom. The van der Waals surface area contributed by atoms with E-state index in [0.29, 0.717) is 22.7 Å². The van der Waals surface area contributed by atoms with Crippen LogP contribution in [0.3, 0.4) is 0 Å². The maximum atomic E-state index is 13.0. The molecule has 0 saturated heterocycles. The number of Topliss-reactive ketones (excluding diaryl/α,β-unsaturated/α-hetero) is 1. The number of nitrogens with zero attached hydrogens (tertiary/aromatic N) is 1. The number of rotatable bonds is 9. The fraction of sp³-hybridized carbons (Fsp3) is 0.609. The van der Waals surface area contributed by atoms with Crippen LogP contribution in [0, 0.1) is 0 Å². The van der Waals surface area contributed by atoms with Crippen LogP contribution in [0.15, 0.2) is 18.2 Å². The quantitative estimate of drug-likeness (QED) is 0.341. The maximum Gasteiger partial charge on any atom is 0.421 e. The number of unbranched alkanes of at least 4 members (excludes halogenated alkanes) is 6. The number of benzene rings is 1. The second-order valence-corrected chi connectivity index (χ2v) is 9.06. The van der Waals surface area contributed by atoms with E-state index in [1.54, 1.807) is 39.0 Å². The molecule has 1 aliphatic rings. The van der Waals surface area contributed by atoms with E-state index in [1.807, 2.05) is 0 Å². The molecule has 1 aromatic carbocycles. The molecular formula is C23H32ClNO4. The molecule has 0 aliphatic carbocycles. The molecule has 160 valence electrons. The van der Waals surface area contributed by atoms with Crippen LogP contribution in [0.2, 0.25) is 5.02 Å². The van der Waals surface area contributed by atoms with Gasteiger partial charge in [-0.25, -0.2) is 9.69 Å². The van der Waals surface area contributed by atoms with Gasteiger partial charge < -0.3 is 4.74 Å². The Hall–Kier alpha value is -1.88. The van der Waals surface area contributed by atoms with Gasteiger partial charge in [0.1, 0.15) is 17.3 Å². The number of carbonyl (C=O) groups is 3. The van der Waals surface area contributed by atoms with E-state index in [1.165, 1.54) is 25.7 Å². The summed E-state index contributed by atoms with van der Waals surface area (Å²) in [4.78, 5) is 39.5. The Balaban J connectivity index is 2.08. The van der Waals surface area contributed by atoms with Gasteiger partial charge in [-0.3, -0.25) is 9.59 Å². The van der Waals surface area contributed by atoms with Crippen LogP contribution in [0.5, 0.6) is 0 Å². The third-order valence-corrected chi connectivity index (χ3v) is 5.17. The van der Waals surface area contributed by atoms with Crippen LogP contribution >= 0.6 is 11.6 Å². The molecular weight excluding hydrogens is 390 g/mol. The summed E-state index contributed by atoms with van der Waals surface area (Å²) in [5, 5.41) is 0.394. The fourth-order valence-corrected chi connectivity index (χ4v) is 3.71. The minimum Gasteiger partial charge on any atom is -0.443 e. The molecule has 1 unspecified atom stereocenters. The second-order valence-electron chi connectivity index (χ2n) is 8.63. The summed E-state index contributed by atoms with van der Waals surface area (Å²) in [6.45, 7) is 7.37. The van der Waals surface area contributed by atoms with Crippen LogP contribution in [0.25, 0.3) is 0 Å². The van der Waals surface area contributed by atoms with Gasteiger partial charge >= 0.3 is 6.09 Å². The molecule has 0 radical (unpaired) electrons. The zero-order valence-electron chi connectivity index (χ0n) is 17.9. The third kappa shape index (κ3) is 6.30. The average Bonchev–Trinajstić information content (AvgIpc) is 2.90. The van der Waals surface area contributed by atoms with Crippen molar-refractivity contribution < 1.29 is 19.1 Å². The van der Waals surface area contributed by atoms with Gasteiger partial charge in [0.15, 0.2) is 0 Å². The highest BCUT2D eigenvalue weighted by Crippen LogP contribution is 2.41. The van der Waals surface area contributed by atoms with Crippen molar-refractivity contribution in [1.82, 2.24) is 0 Å². The predicted molar refractivity (Wildman–Crippen MR) is 116 cm³/mol. The van der Waals surface area contributed by atoms with Crippen molar-refractivity contribution in [2.24, 2.45) is 0 Å². The molecule has 0 aromatic heterocycles. The Morgan fingerprint density at radius 2 is 1.69 bits per heavy atom. The normalized spacial score (nSPS) is 16.1. The lowest BCUT2D eigenvalue weighted by atomic mass is 9.93. The van der Waals surface area contributed by atoms with Gasteiger partial charge in [0, 0.05) is 11.4 Å². The van der Waals surface area contributed by atoms with E-state index in [0.717, 1.165) is 24.2 Å². The Bertz CT molecular complexity index is 754. The largest absolute Gasteiger partial charge is 0.443 e. The van der Waals surface area contributed by atoms with Crippen molar-refractivity contribution in [2.75, 3.05) is 4.90 Å². The van der Waals surface area contributed by atoms with Crippen LogP contribution in [-0.4, -0.2) is 23.4 Å². The van der Waals surface area contributed by atoms with Crippen molar-refractivity contribution in [3.05, 3.63) is 28.8 Å². The molecule has 0 spiro atoms.